The van der Waals surface area contributed by atoms with Gasteiger partial charge in [0.1, 0.15) is 17.1 Å². The van der Waals surface area contributed by atoms with Crippen LogP contribution in [0.4, 0.5) is 5.82 Å². The topological polar surface area (TPSA) is 87.5 Å². The molecule has 0 fully saturated rings. The summed E-state index contributed by atoms with van der Waals surface area (Å²) in [6, 6.07) is 16.8. The minimum Gasteiger partial charge on any atom is -0.494 e. The van der Waals surface area contributed by atoms with Crippen LogP contribution in [-0.4, -0.2) is 41.0 Å². The molecule has 33 heavy (non-hydrogen) atoms. The fourth-order valence-corrected chi connectivity index (χ4v) is 3.58. The molecule has 8 heteroatoms. The summed E-state index contributed by atoms with van der Waals surface area (Å²) in [5, 5.41) is 8.40. The van der Waals surface area contributed by atoms with Crippen molar-refractivity contribution in [2.24, 2.45) is 0 Å². The summed E-state index contributed by atoms with van der Waals surface area (Å²) in [5.74, 6) is 2.54. The maximum Gasteiger partial charge on any atom is 0.263 e. The van der Waals surface area contributed by atoms with E-state index in [-0.39, 0.29) is 12.5 Å². The van der Waals surface area contributed by atoms with Gasteiger partial charge in [-0.15, -0.1) is 0 Å². The maximum atomic E-state index is 12.7. The Balaban J connectivity index is 1.58. The van der Waals surface area contributed by atoms with Crippen LogP contribution in [0.15, 0.2) is 54.6 Å². The number of rotatable bonds is 8. The van der Waals surface area contributed by atoms with Crippen molar-refractivity contribution < 1.29 is 19.0 Å². The molecule has 2 heterocycles. The third-order valence-corrected chi connectivity index (χ3v) is 5.04. The number of pyridine rings is 1. The first-order chi connectivity index (χ1) is 16.0. The van der Waals surface area contributed by atoms with Gasteiger partial charge in [-0.3, -0.25) is 4.79 Å². The summed E-state index contributed by atoms with van der Waals surface area (Å²) in [5.41, 5.74) is 2.50. The molecule has 1 amide bonds. The van der Waals surface area contributed by atoms with Gasteiger partial charge in [0.2, 0.25) is 0 Å². The number of methoxy groups -OCH3 is 1. The molecule has 2 aromatic heterocycles. The normalized spacial score (nSPS) is 10.8. The number of carbonyl (C=O) groups is 1. The van der Waals surface area contributed by atoms with Crippen LogP contribution < -0.4 is 19.5 Å². The number of hydrogen-bond donors (Lipinski definition) is 1. The van der Waals surface area contributed by atoms with E-state index < -0.39 is 0 Å². The first-order valence-corrected chi connectivity index (χ1v) is 10.7. The second-order valence-electron chi connectivity index (χ2n) is 7.45. The number of aromatic nitrogens is 3. The van der Waals surface area contributed by atoms with Gasteiger partial charge in [0, 0.05) is 11.5 Å². The van der Waals surface area contributed by atoms with Crippen LogP contribution in [0.25, 0.3) is 16.7 Å². The fraction of sp³-hybridized carbons (Fsp3) is 0.240. The number of hydrogen-bond acceptors (Lipinski definition) is 6. The summed E-state index contributed by atoms with van der Waals surface area (Å²) in [4.78, 5) is 17.4. The van der Waals surface area contributed by atoms with Gasteiger partial charge in [-0.2, -0.15) is 9.78 Å². The van der Waals surface area contributed by atoms with Gasteiger partial charge in [0.05, 0.1) is 19.4 Å². The maximum absolute atomic E-state index is 12.7. The van der Waals surface area contributed by atoms with Crippen LogP contribution in [0.2, 0.25) is 0 Å². The second-order valence-corrected chi connectivity index (χ2v) is 7.45. The van der Waals surface area contributed by atoms with E-state index in [0.29, 0.717) is 35.5 Å². The zero-order valence-corrected chi connectivity index (χ0v) is 19.1. The second kappa shape index (κ2) is 9.60. The van der Waals surface area contributed by atoms with Crippen molar-refractivity contribution >= 4 is 22.6 Å². The predicted octanol–water partition coefficient (Wildman–Crippen LogP) is 4.46. The molecule has 0 saturated heterocycles. The number of amides is 1. The molecule has 0 atom stereocenters. The highest BCUT2D eigenvalue weighted by molar-refractivity contribution is 5.92. The van der Waals surface area contributed by atoms with Crippen molar-refractivity contribution in [3.8, 4) is 23.1 Å². The van der Waals surface area contributed by atoms with Crippen LogP contribution >= 0.6 is 0 Å². The number of para-hydroxylation sites is 3. The molecule has 8 nitrogen and oxygen atoms in total. The Bertz CT molecular complexity index is 1300. The molecule has 0 saturated carbocycles. The molecular weight excluding hydrogens is 420 g/mol. The minimum atomic E-state index is -0.322. The number of aryl methyl sites for hydroxylation is 2. The van der Waals surface area contributed by atoms with Gasteiger partial charge >= 0.3 is 0 Å². The Labute approximate surface area is 192 Å². The van der Waals surface area contributed by atoms with Crippen LogP contribution in [0, 0.1) is 13.8 Å². The first kappa shape index (κ1) is 22.1. The average molecular weight is 447 g/mol. The SMILES string of the molecule is CCOc1ccccc1OCC(=O)Nc1cc(C)nn1-c1cc(C)c2cccc(OC)c2n1. The lowest BCUT2D eigenvalue weighted by Crippen LogP contribution is -2.22. The van der Waals surface area contributed by atoms with Gasteiger partial charge in [-0.05, 0) is 50.6 Å². The van der Waals surface area contributed by atoms with Crippen molar-refractivity contribution in [1.82, 2.24) is 14.8 Å². The minimum absolute atomic E-state index is 0.174. The molecule has 0 aliphatic carbocycles. The van der Waals surface area contributed by atoms with E-state index in [2.05, 4.69) is 10.4 Å². The molecule has 0 unspecified atom stereocenters. The van der Waals surface area contributed by atoms with Crippen molar-refractivity contribution in [3.63, 3.8) is 0 Å². The summed E-state index contributed by atoms with van der Waals surface area (Å²) < 4.78 is 18.3. The molecule has 0 spiro atoms. The van der Waals surface area contributed by atoms with Gasteiger partial charge in [-0.1, -0.05) is 24.3 Å². The molecule has 4 aromatic rings. The Morgan fingerprint density at radius 1 is 1.00 bits per heavy atom. The molecule has 0 radical (unpaired) electrons. The molecule has 4 rings (SSSR count). The number of nitrogens with one attached hydrogen (secondary N) is 1. The van der Waals surface area contributed by atoms with Crippen molar-refractivity contribution in [1.29, 1.82) is 0 Å². The summed E-state index contributed by atoms with van der Waals surface area (Å²) in [6.07, 6.45) is 0. The third-order valence-electron chi connectivity index (χ3n) is 5.04. The van der Waals surface area contributed by atoms with E-state index in [1.807, 2.05) is 57.2 Å². The molecule has 0 bridgehead atoms. The van der Waals surface area contributed by atoms with Gasteiger partial charge < -0.3 is 19.5 Å². The van der Waals surface area contributed by atoms with E-state index in [9.17, 15) is 4.79 Å². The van der Waals surface area contributed by atoms with Crippen LogP contribution in [-0.2, 0) is 4.79 Å². The number of benzene rings is 2. The highest BCUT2D eigenvalue weighted by Crippen LogP contribution is 2.29. The quantitative estimate of drug-likeness (QED) is 0.430. The largest absolute Gasteiger partial charge is 0.494 e. The standard InChI is InChI=1S/C25H26N4O4/c1-5-32-19-10-6-7-11-20(19)33-15-24(30)26-23-14-17(3)28-29(23)22-13-16(2)18-9-8-12-21(31-4)25(18)27-22/h6-14H,5,15H2,1-4H3,(H,26,30). The smallest absolute Gasteiger partial charge is 0.263 e. The highest BCUT2D eigenvalue weighted by Gasteiger charge is 2.16. The molecule has 0 aliphatic rings. The van der Waals surface area contributed by atoms with Crippen molar-refractivity contribution in [2.45, 2.75) is 20.8 Å². The number of nitrogens with zero attached hydrogens (tertiary/aromatic N) is 3. The van der Waals surface area contributed by atoms with Crippen LogP contribution in [0.3, 0.4) is 0 Å². The van der Waals surface area contributed by atoms with E-state index in [1.165, 1.54) is 0 Å². The summed E-state index contributed by atoms with van der Waals surface area (Å²) >= 11 is 0. The Kier molecular flexibility index (Phi) is 6.44. The number of anilines is 1. The average Bonchev–Trinajstić information content (AvgIpc) is 3.18. The lowest BCUT2D eigenvalue weighted by molar-refractivity contribution is -0.118. The predicted molar refractivity (Wildman–Crippen MR) is 127 cm³/mol. The lowest BCUT2D eigenvalue weighted by Gasteiger charge is -2.13. The summed E-state index contributed by atoms with van der Waals surface area (Å²) in [7, 11) is 1.62. The van der Waals surface area contributed by atoms with E-state index >= 15 is 0 Å². The Hall–Kier alpha value is -4.07. The number of ether oxygens (including phenoxy) is 3. The third kappa shape index (κ3) is 4.74. The molecule has 170 valence electrons. The molecule has 1 N–H and O–H groups in total. The first-order valence-electron chi connectivity index (χ1n) is 10.7. The summed E-state index contributed by atoms with van der Waals surface area (Å²) in [6.45, 7) is 6.09. The van der Waals surface area contributed by atoms with Crippen LogP contribution in [0.5, 0.6) is 17.2 Å². The van der Waals surface area contributed by atoms with Crippen molar-refractivity contribution in [3.05, 3.63) is 65.9 Å². The van der Waals surface area contributed by atoms with Gasteiger partial charge in [-0.25, -0.2) is 4.98 Å². The monoisotopic (exact) mass is 446 g/mol. The van der Waals surface area contributed by atoms with Gasteiger partial charge in [0.25, 0.3) is 5.91 Å². The number of carbonyl (C=O) groups excluding carboxylic acids is 1. The van der Waals surface area contributed by atoms with E-state index in [0.717, 1.165) is 22.2 Å². The van der Waals surface area contributed by atoms with Gasteiger partial charge in [0.15, 0.2) is 23.9 Å². The fourth-order valence-electron chi connectivity index (χ4n) is 3.58. The lowest BCUT2D eigenvalue weighted by atomic mass is 10.1. The molecule has 0 aliphatic heterocycles. The zero-order chi connectivity index (χ0) is 23.4. The highest BCUT2D eigenvalue weighted by atomic mass is 16.5. The van der Waals surface area contributed by atoms with Crippen molar-refractivity contribution in [2.75, 3.05) is 25.6 Å². The zero-order valence-electron chi connectivity index (χ0n) is 19.1. The van der Waals surface area contributed by atoms with E-state index in [1.54, 1.807) is 30.0 Å². The van der Waals surface area contributed by atoms with Crippen LogP contribution in [0.1, 0.15) is 18.2 Å². The molecule has 2 aromatic carbocycles. The number of fused-ring (bicyclic) bond motifs is 1. The Morgan fingerprint density at radius 2 is 1.73 bits per heavy atom. The Morgan fingerprint density at radius 3 is 2.45 bits per heavy atom. The molecular formula is C25H26N4O4. The van der Waals surface area contributed by atoms with E-state index in [4.69, 9.17) is 19.2 Å².